The number of nitrogens with one attached hydrogen (secondary N) is 1. The van der Waals surface area contributed by atoms with Gasteiger partial charge in [-0.3, -0.25) is 4.79 Å². The van der Waals surface area contributed by atoms with Crippen molar-refractivity contribution < 1.29 is 9.32 Å². The summed E-state index contributed by atoms with van der Waals surface area (Å²) in [6.07, 6.45) is 1.38. The number of rotatable bonds is 3. The summed E-state index contributed by atoms with van der Waals surface area (Å²) in [7, 11) is 0. The first-order valence-electron chi connectivity index (χ1n) is 7.03. The van der Waals surface area contributed by atoms with Gasteiger partial charge in [0.05, 0.1) is 0 Å². The minimum Gasteiger partial charge on any atom is -0.363 e. The normalized spacial score (nSPS) is 10.5. The zero-order valence-electron chi connectivity index (χ0n) is 12.5. The molecule has 0 radical (unpaired) electrons. The maximum Gasteiger partial charge on any atom is 0.261 e. The molecule has 0 aliphatic heterocycles. The molecule has 0 aliphatic rings. The minimum absolute atomic E-state index is 0.231. The molecule has 1 heterocycles. The Kier molecular flexibility index (Phi) is 3.74. The first-order valence-corrected chi connectivity index (χ1v) is 7.03. The van der Waals surface area contributed by atoms with Crippen LogP contribution in [0.5, 0.6) is 0 Å². The zero-order valence-corrected chi connectivity index (χ0v) is 12.5. The van der Waals surface area contributed by atoms with E-state index in [1.54, 1.807) is 0 Å². The number of carbonyl (C=O) groups excluding carboxylic acids is 1. The maximum absolute atomic E-state index is 12.5. The number of amides is 1. The molecule has 0 bridgehead atoms. The van der Waals surface area contributed by atoms with E-state index in [2.05, 4.69) is 16.5 Å². The van der Waals surface area contributed by atoms with E-state index in [0.29, 0.717) is 11.3 Å². The van der Waals surface area contributed by atoms with Gasteiger partial charge in [-0.25, -0.2) is 0 Å². The molecular formula is C18H16N2O2. The Labute approximate surface area is 128 Å². The van der Waals surface area contributed by atoms with Crippen molar-refractivity contribution in [2.24, 2.45) is 0 Å². The highest BCUT2D eigenvalue weighted by atomic mass is 16.5. The molecule has 0 saturated carbocycles. The highest BCUT2D eigenvalue weighted by molar-refractivity contribution is 6.07. The number of hydrogen-bond donors (Lipinski definition) is 1. The number of carbonyl (C=O) groups is 1. The van der Waals surface area contributed by atoms with Crippen LogP contribution in [0.4, 0.5) is 5.69 Å². The van der Waals surface area contributed by atoms with Gasteiger partial charge in [-0.05, 0) is 37.1 Å². The van der Waals surface area contributed by atoms with E-state index in [-0.39, 0.29) is 5.91 Å². The number of nitrogens with zero attached hydrogens (tertiary/aromatic N) is 1. The number of anilines is 1. The molecule has 0 unspecified atom stereocenters. The lowest BCUT2D eigenvalue weighted by molar-refractivity contribution is 0.102. The van der Waals surface area contributed by atoms with Gasteiger partial charge in [-0.1, -0.05) is 41.6 Å². The predicted molar refractivity (Wildman–Crippen MR) is 85.8 cm³/mol. The number of aryl methyl sites for hydroxylation is 2. The molecule has 0 atom stereocenters. The van der Waals surface area contributed by atoms with Gasteiger partial charge in [-0.2, -0.15) is 0 Å². The Morgan fingerprint density at radius 3 is 2.41 bits per heavy atom. The topological polar surface area (TPSA) is 55.1 Å². The average Bonchev–Trinajstić information content (AvgIpc) is 2.96. The van der Waals surface area contributed by atoms with Gasteiger partial charge in [0.1, 0.15) is 17.5 Å². The van der Waals surface area contributed by atoms with Gasteiger partial charge in [0.15, 0.2) is 0 Å². The second-order valence-electron chi connectivity index (χ2n) is 5.27. The van der Waals surface area contributed by atoms with Crippen LogP contribution in [-0.2, 0) is 0 Å². The molecule has 0 fully saturated rings. The molecule has 0 aliphatic carbocycles. The lowest BCUT2D eigenvalue weighted by Gasteiger charge is -2.07. The molecule has 4 heteroatoms. The molecule has 1 aromatic heterocycles. The Hall–Kier alpha value is -2.88. The largest absolute Gasteiger partial charge is 0.363 e. The lowest BCUT2D eigenvalue weighted by Crippen LogP contribution is -2.12. The van der Waals surface area contributed by atoms with Gasteiger partial charge in [0.2, 0.25) is 0 Å². The summed E-state index contributed by atoms with van der Waals surface area (Å²) in [6, 6.07) is 15.4. The smallest absolute Gasteiger partial charge is 0.261 e. The molecule has 1 N–H and O–H groups in total. The maximum atomic E-state index is 12.5. The van der Waals surface area contributed by atoms with E-state index in [1.165, 1.54) is 6.26 Å². The quantitative estimate of drug-likeness (QED) is 0.786. The van der Waals surface area contributed by atoms with E-state index in [0.717, 1.165) is 22.4 Å². The summed E-state index contributed by atoms with van der Waals surface area (Å²) in [4.78, 5) is 12.5. The van der Waals surface area contributed by atoms with Crippen molar-refractivity contribution in [2.45, 2.75) is 13.8 Å². The molecule has 22 heavy (non-hydrogen) atoms. The summed E-state index contributed by atoms with van der Waals surface area (Å²) in [5.74, 6) is -0.231. The summed E-state index contributed by atoms with van der Waals surface area (Å²) in [6.45, 7) is 3.99. The van der Waals surface area contributed by atoms with Crippen molar-refractivity contribution in [1.82, 2.24) is 5.16 Å². The average molecular weight is 292 g/mol. The van der Waals surface area contributed by atoms with Crippen LogP contribution in [-0.4, -0.2) is 11.1 Å². The van der Waals surface area contributed by atoms with E-state index >= 15 is 0 Å². The third-order valence-electron chi connectivity index (χ3n) is 3.34. The zero-order chi connectivity index (χ0) is 15.5. The highest BCUT2D eigenvalue weighted by Crippen LogP contribution is 2.23. The fraction of sp³-hybridized carbons (Fsp3) is 0.111. The van der Waals surface area contributed by atoms with Crippen molar-refractivity contribution in [3.05, 3.63) is 71.5 Å². The van der Waals surface area contributed by atoms with Gasteiger partial charge in [-0.15, -0.1) is 0 Å². The Balaban J connectivity index is 1.89. The number of hydrogen-bond acceptors (Lipinski definition) is 3. The number of benzene rings is 2. The Morgan fingerprint density at radius 1 is 1.05 bits per heavy atom. The van der Waals surface area contributed by atoms with Crippen LogP contribution in [0.2, 0.25) is 0 Å². The van der Waals surface area contributed by atoms with Crippen molar-refractivity contribution in [2.75, 3.05) is 5.32 Å². The molecule has 3 rings (SSSR count). The predicted octanol–water partition coefficient (Wildman–Crippen LogP) is 4.21. The summed E-state index contributed by atoms with van der Waals surface area (Å²) in [5, 5.41) is 6.85. The monoisotopic (exact) mass is 292 g/mol. The van der Waals surface area contributed by atoms with Crippen LogP contribution >= 0.6 is 0 Å². The fourth-order valence-electron chi connectivity index (χ4n) is 2.45. The third-order valence-corrected chi connectivity index (χ3v) is 3.34. The molecular weight excluding hydrogens is 276 g/mol. The van der Waals surface area contributed by atoms with Crippen molar-refractivity contribution >= 4 is 11.6 Å². The van der Waals surface area contributed by atoms with Crippen LogP contribution in [0.15, 0.2) is 59.3 Å². The molecule has 1 amide bonds. The van der Waals surface area contributed by atoms with Crippen LogP contribution in [0.1, 0.15) is 21.5 Å². The molecule has 3 aromatic rings. The van der Waals surface area contributed by atoms with Crippen molar-refractivity contribution in [1.29, 1.82) is 0 Å². The van der Waals surface area contributed by atoms with Gasteiger partial charge >= 0.3 is 0 Å². The molecule has 2 aromatic carbocycles. The van der Waals surface area contributed by atoms with Gasteiger partial charge in [0.25, 0.3) is 5.91 Å². The summed E-state index contributed by atoms with van der Waals surface area (Å²) in [5.41, 5.74) is 4.78. The van der Waals surface area contributed by atoms with E-state index in [4.69, 9.17) is 4.52 Å². The number of aromatic nitrogens is 1. The van der Waals surface area contributed by atoms with Crippen LogP contribution in [0, 0.1) is 13.8 Å². The first kappa shape index (κ1) is 14.1. The van der Waals surface area contributed by atoms with Crippen LogP contribution in [0.25, 0.3) is 11.3 Å². The Morgan fingerprint density at radius 2 is 1.73 bits per heavy atom. The van der Waals surface area contributed by atoms with E-state index < -0.39 is 0 Å². The minimum atomic E-state index is -0.231. The van der Waals surface area contributed by atoms with Crippen molar-refractivity contribution in [3.8, 4) is 11.3 Å². The van der Waals surface area contributed by atoms with Crippen LogP contribution < -0.4 is 5.32 Å². The lowest BCUT2D eigenvalue weighted by atomic mass is 10.1. The highest BCUT2D eigenvalue weighted by Gasteiger charge is 2.17. The van der Waals surface area contributed by atoms with E-state index in [9.17, 15) is 4.79 Å². The standard InChI is InChI=1S/C18H16N2O2/c1-12-8-13(2)10-15(9-12)19-18(21)16-11-22-20-17(16)14-6-4-3-5-7-14/h3-11H,1-2H3,(H,19,21). The molecule has 110 valence electrons. The third kappa shape index (κ3) is 2.91. The van der Waals surface area contributed by atoms with Crippen molar-refractivity contribution in [3.63, 3.8) is 0 Å². The van der Waals surface area contributed by atoms with Crippen LogP contribution in [0.3, 0.4) is 0 Å². The second-order valence-corrected chi connectivity index (χ2v) is 5.27. The Bertz CT molecular complexity index is 787. The van der Waals surface area contributed by atoms with E-state index in [1.807, 2.05) is 56.3 Å². The fourth-order valence-corrected chi connectivity index (χ4v) is 2.45. The van der Waals surface area contributed by atoms with Gasteiger partial charge in [0, 0.05) is 11.3 Å². The van der Waals surface area contributed by atoms with Gasteiger partial charge < -0.3 is 9.84 Å². The molecule has 4 nitrogen and oxygen atoms in total. The molecule has 0 spiro atoms. The first-order chi connectivity index (χ1) is 10.6. The SMILES string of the molecule is Cc1cc(C)cc(NC(=O)c2conc2-c2ccccc2)c1. The second kappa shape index (κ2) is 5.85. The summed E-state index contributed by atoms with van der Waals surface area (Å²) >= 11 is 0. The summed E-state index contributed by atoms with van der Waals surface area (Å²) < 4.78 is 5.00. The molecule has 0 saturated heterocycles.